The summed E-state index contributed by atoms with van der Waals surface area (Å²) in [5.41, 5.74) is 17.4. The largest absolute Gasteiger partial charge is 0.398 e. The normalized spacial score (nSPS) is 14.9. The molecule has 1 atom stereocenters. The number of hydrogen-bond donors (Lipinski definition) is 3. The molecule has 36 heavy (non-hydrogen) atoms. The average Bonchev–Trinajstić information content (AvgIpc) is 2.86. The highest BCUT2D eigenvalue weighted by molar-refractivity contribution is 6.30. The molecule has 0 fully saturated rings. The first-order chi connectivity index (χ1) is 17.3. The lowest BCUT2D eigenvalue weighted by Gasteiger charge is -2.23. The van der Waals surface area contributed by atoms with Crippen molar-refractivity contribution in [3.63, 3.8) is 0 Å². The average molecular weight is 509 g/mol. The van der Waals surface area contributed by atoms with Crippen LogP contribution in [0.4, 0.5) is 14.5 Å². The molecule has 0 spiro atoms. The Bertz CT molecular complexity index is 1250. The van der Waals surface area contributed by atoms with E-state index >= 15 is 4.39 Å². The number of nitrogens with one attached hydrogen (secondary N) is 2. The Balaban J connectivity index is 1.70. The number of nitrogen functional groups attached to an aromatic ring is 1. The van der Waals surface area contributed by atoms with Crippen LogP contribution in [0.2, 0.25) is 0 Å². The second-order valence-electron chi connectivity index (χ2n) is 9.46. The highest BCUT2D eigenvalue weighted by Gasteiger charge is 2.24. The molecule has 7 heteroatoms. The fourth-order valence-corrected chi connectivity index (χ4v) is 4.56. The Hall–Kier alpha value is -3.22. The van der Waals surface area contributed by atoms with E-state index < -0.39 is 5.83 Å². The van der Waals surface area contributed by atoms with Gasteiger partial charge in [0.15, 0.2) is 0 Å². The van der Waals surface area contributed by atoms with Gasteiger partial charge in [-0.25, -0.2) is 14.2 Å². The minimum Gasteiger partial charge on any atom is -0.398 e. The van der Waals surface area contributed by atoms with Gasteiger partial charge in [-0.3, -0.25) is 4.98 Å². The molecule has 2 aromatic carbocycles. The molecular formula is C29H31ClF2N4. The zero-order chi connectivity index (χ0) is 25.7. The summed E-state index contributed by atoms with van der Waals surface area (Å²) < 4.78 is 29.0. The number of rotatable bonds is 9. The lowest BCUT2D eigenvalue weighted by Crippen LogP contribution is -2.35. The van der Waals surface area contributed by atoms with Gasteiger partial charge in [0.25, 0.3) is 0 Å². The maximum Gasteiger partial charge on any atom is 0.147 e. The van der Waals surface area contributed by atoms with Crippen LogP contribution < -0.4 is 16.6 Å². The van der Waals surface area contributed by atoms with E-state index in [1.54, 1.807) is 12.3 Å². The van der Waals surface area contributed by atoms with Crippen molar-refractivity contribution < 1.29 is 8.78 Å². The summed E-state index contributed by atoms with van der Waals surface area (Å²) in [6.07, 6.45) is 3.34. The lowest BCUT2D eigenvalue weighted by molar-refractivity contribution is 0.496. The van der Waals surface area contributed by atoms with Crippen molar-refractivity contribution in [3.05, 3.63) is 112 Å². The predicted octanol–water partition coefficient (Wildman–Crippen LogP) is 6.85. The maximum absolute atomic E-state index is 15.2. The molecule has 4 nitrogen and oxygen atoms in total. The van der Waals surface area contributed by atoms with Crippen LogP contribution in [0.5, 0.6) is 0 Å². The number of halogens is 3. The second-order valence-corrected chi connectivity index (χ2v) is 9.92. The number of nitrogens with zero attached hydrogens (tertiary/aromatic N) is 1. The third-order valence-electron chi connectivity index (χ3n) is 6.24. The van der Waals surface area contributed by atoms with E-state index in [1.165, 1.54) is 12.1 Å². The molecule has 0 aliphatic heterocycles. The summed E-state index contributed by atoms with van der Waals surface area (Å²) in [4.78, 5) is 4.73. The minimum atomic E-state index is -0.435. The lowest BCUT2D eigenvalue weighted by atomic mass is 9.87. The molecule has 1 aliphatic rings. The Morgan fingerprint density at radius 3 is 2.47 bits per heavy atom. The van der Waals surface area contributed by atoms with E-state index in [0.717, 1.165) is 29.1 Å². The molecule has 0 radical (unpaired) electrons. The van der Waals surface area contributed by atoms with Crippen LogP contribution in [0.25, 0.3) is 5.57 Å². The van der Waals surface area contributed by atoms with Crippen molar-refractivity contribution in [2.24, 2.45) is 5.92 Å². The van der Waals surface area contributed by atoms with Gasteiger partial charge in [0.05, 0.1) is 5.03 Å². The smallest absolute Gasteiger partial charge is 0.147 e. The highest BCUT2D eigenvalue weighted by Crippen LogP contribution is 2.39. The van der Waals surface area contributed by atoms with E-state index in [0.29, 0.717) is 42.0 Å². The molecule has 1 aromatic heterocycles. The third-order valence-corrected chi connectivity index (χ3v) is 6.60. The maximum atomic E-state index is 15.2. The van der Waals surface area contributed by atoms with Gasteiger partial charge in [0, 0.05) is 46.9 Å². The van der Waals surface area contributed by atoms with E-state index in [4.69, 9.17) is 22.3 Å². The van der Waals surface area contributed by atoms with Crippen molar-refractivity contribution in [1.82, 2.24) is 15.8 Å². The van der Waals surface area contributed by atoms with Crippen LogP contribution in [0, 0.1) is 11.7 Å². The molecule has 1 heterocycles. The molecule has 1 aliphatic carbocycles. The van der Waals surface area contributed by atoms with Gasteiger partial charge in [-0.15, -0.1) is 0 Å². The van der Waals surface area contributed by atoms with Crippen LogP contribution in [-0.2, 0) is 6.42 Å². The minimum absolute atomic E-state index is 0.198. The van der Waals surface area contributed by atoms with Crippen molar-refractivity contribution in [3.8, 4) is 0 Å². The van der Waals surface area contributed by atoms with Gasteiger partial charge in [-0.05, 0) is 54.5 Å². The molecule has 0 bridgehead atoms. The van der Waals surface area contributed by atoms with Crippen LogP contribution in [0.15, 0.2) is 83.4 Å². The number of anilines is 1. The molecular weight excluding hydrogens is 478 g/mol. The van der Waals surface area contributed by atoms with Crippen molar-refractivity contribution in [2.75, 3.05) is 12.3 Å². The number of benzene rings is 2. The number of pyridine rings is 1. The second kappa shape index (κ2) is 11.7. The van der Waals surface area contributed by atoms with Gasteiger partial charge in [0.2, 0.25) is 0 Å². The molecule has 1 unspecified atom stereocenters. The summed E-state index contributed by atoms with van der Waals surface area (Å²) >= 11 is 6.20. The fourth-order valence-electron chi connectivity index (χ4n) is 4.37. The van der Waals surface area contributed by atoms with E-state index in [9.17, 15) is 4.39 Å². The molecule has 4 N–H and O–H groups in total. The fraction of sp³-hybridized carbons (Fsp3) is 0.276. The molecule has 0 saturated heterocycles. The van der Waals surface area contributed by atoms with Gasteiger partial charge < -0.3 is 11.2 Å². The summed E-state index contributed by atoms with van der Waals surface area (Å²) in [6, 6.07) is 18.2. The van der Waals surface area contributed by atoms with Gasteiger partial charge in [0.1, 0.15) is 11.6 Å². The Morgan fingerprint density at radius 1 is 1.03 bits per heavy atom. The van der Waals surface area contributed by atoms with Crippen molar-refractivity contribution in [2.45, 2.75) is 39.0 Å². The predicted molar refractivity (Wildman–Crippen MR) is 143 cm³/mol. The summed E-state index contributed by atoms with van der Waals surface area (Å²) in [5.74, 6) is -0.574. The summed E-state index contributed by atoms with van der Waals surface area (Å²) in [6.45, 7) is 4.95. The number of hydrogen-bond acceptors (Lipinski definition) is 4. The Kier molecular flexibility index (Phi) is 8.39. The Morgan fingerprint density at radius 2 is 1.81 bits per heavy atom. The first-order valence-electron chi connectivity index (χ1n) is 12.1. The third kappa shape index (κ3) is 6.12. The standard InChI is InChI=1S/C29H31ClF2N4/c1-18(2)16-35-36-27-13-11-24(30)29(32)28(27)20-8-12-26(34-17-20)23(14-19-6-4-3-5-7-19)22-10-9-21(31)15-25(22)33/h3-10,12,15,17-18,23,35-36H,11,13-14,16,33H2,1-2H3. The van der Waals surface area contributed by atoms with E-state index in [2.05, 4.69) is 24.7 Å². The number of allylic oxidation sites excluding steroid dienone is 4. The monoisotopic (exact) mass is 508 g/mol. The Labute approximate surface area is 216 Å². The highest BCUT2D eigenvalue weighted by atomic mass is 35.5. The first-order valence-corrected chi connectivity index (χ1v) is 12.5. The number of aromatic nitrogens is 1. The van der Waals surface area contributed by atoms with Crippen LogP contribution >= 0.6 is 11.6 Å². The van der Waals surface area contributed by atoms with Crippen molar-refractivity contribution >= 4 is 22.9 Å². The van der Waals surface area contributed by atoms with E-state index in [-0.39, 0.29) is 16.8 Å². The first kappa shape index (κ1) is 25.9. The van der Waals surface area contributed by atoms with Gasteiger partial charge in [-0.1, -0.05) is 67.9 Å². The topological polar surface area (TPSA) is 63.0 Å². The van der Waals surface area contributed by atoms with Crippen molar-refractivity contribution in [1.29, 1.82) is 0 Å². The van der Waals surface area contributed by atoms with Gasteiger partial charge in [-0.2, -0.15) is 0 Å². The molecule has 4 rings (SSSR count). The molecule has 3 aromatic rings. The SMILES string of the molecule is CC(C)CNNC1=C(c2ccc(C(Cc3ccccc3)c3ccc(F)cc3N)nc2)C(F)=C(Cl)CC1. The molecule has 0 saturated carbocycles. The number of hydrazine groups is 1. The number of nitrogens with two attached hydrogens (primary N) is 1. The van der Waals surface area contributed by atoms with Crippen LogP contribution in [0.1, 0.15) is 55.0 Å². The zero-order valence-electron chi connectivity index (χ0n) is 20.5. The quantitative estimate of drug-likeness (QED) is 0.218. The zero-order valence-corrected chi connectivity index (χ0v) is 21.2. The van der Waals surface area contributed by atoms with E-state index in [1.807, 2.05) is 42.5 Å². The van der Waals surface area contributed by atoms with Gasteiger partial charge >= 0.3 is 0 Å². The van der Waals surface area contributed by atoms with Crippen LogP contribution in [-0.4, -0.2) is 11.5 Å². The molecule has 188 valence electrons. The summed E-state index contributed by atoms with van der Waals surface area (Å²) in [7, 11) is 0. The molecule has 0 amide bonds. The summed E-state index contributed by atoms with van der Waals surface area (Å²) in [5, 5.41) is 0.213. The van der Waals surface area contributed by atoms with Crippen LogP contribution in [0.3, 0.4) is 0 Å².